The van der Waals surface area contributed by atoms with E-state index in [-0.39, 0.29) is 22.7 Å². The van der Waals surface area contributed by atoms with E-state index in [1.807, 2.05) is 0 Å². The Morgan fingerprint density at radius 1 is 1.62 bits per heavy atom. The molecule has 0 radical (unpaired) electrons. The zero-order valence-corrected chi connectivity index (χ0v) is 9.65. The Hall–Kier alpha value is -1.57. The predicted molar refractivity (Wildman–Crippen MR) is 55.9 cm³/mol. The largest absolute Gasteiger partial charge is 0.362 e. The minimum Gasteiger partial charge on any atom is -0.362 e. The first-order chi connectivity index (χ1) is 7.43. The third kappa shape index (κ3) is 1.54. The summed E-state index contributed by atoms with van der Waals surface area (Å²) in [5.74, 6) is -0.0376. The van der Waals surface area contributed by atoms with Gasteiger partial charge in [0.05, 0.1) is 10.5 Å². The normalized spacial score (nSPS) is 20.2. The third-order valence-electron chi connectivity index (χ3n) is 2.27. The Labute approximate surface area is 95.5 Å². The molecule has 2 heterocycles. The molecule has 1 aliphatic rings. The number of hydrogen-bond acceptors (Lipinski definition) is 6. The zero-order chi connectivity index (χ0) is 11.9. The van der Waals surface area contributed by atoms with E-state index in [0.29, 0.717) is 0 Å². The molecule has 1 fully saturated rings. The Balaban J connectivity index is 2.43. The molecule has 1 aromatic heterocycles. The summed E-state index contributed by atoms with van der Waals surface area (Å²) in [6, 6.07) is 0. The number of aromatic nitrogens is 2. The maximum absolute atomic E-state index is 11.8. The minimum atomic E-state index is -0.964. The van der Waals surface area contributed by atoms with Gasteiger partial charge in [-0.05, 0) is 13.8 Å². The number of thioether (sulfide) groups is 1. The predicted octanol–water partition coefficient (Wildman–Crippen LogP) is -0.939. The molecule has 0 aliphatic carbocycles. The molecule has 1 aliphatic heterocycles. The standard InChI is InChI=1S/C8H11N4O3S/c1-8(2)7(14)16-4-6(13)12(8)11-3-5(9)15-10-11/h3H,4,9H2,1-2H3/q+1. The van der Waals surface area contributed by atoms with Gasteiger partial charge in [0.1, 0.15) is 0 Å². The second kappa shape index (κ2) is 3.48. The van der Waals surface area contributed by atoms with Crippen molar-refractivity contribution in [3.63, 3.8) is 0 Å². The summed E-state index contributed by atoms with van der Waals surface area (Å²) in [5, 5.41) is 4.73. The van der Waals surface area contributed by atoms with Crippen molar-refractivity contribution in [1.82, 2.24) is 5.27 Å². The number of nitrogen functional groups attached to an aromatic ring is 1. The van der Waals surface area contributed by atoms with E-state index in [4.69, 9.17) is 5.73 Å². The highest BCUT2D eigenvalue weighted by Gasteiger charge is 2.50. The Morgan fingerprint density at radius 2 is 2.31 bits per heavy atom. The van der Waals surface area contributed by atoms with Crippen molar-refractivity contribution in [2.45, 2.75) is 19.4 Å². The van der Waals surface area contributed by atoms with Crippen LogP contribution >= 0.6 is 11.8 Å². The number of nitrogens with zero attached hydrogens (tertiary/aromatic N) is 3. The molecule has 8 heteroatoms. The number of amides is 1. The SMILES string of the molecule is CC1(C)C(=O)SCC(=O)N1[n+]1cc(N)on1. The molecule has 0 bridgehead atoms. The molecule has 86 valence electrons. The lowest BCUT2D eigenvalue weighted by Gasteiger charge is -2.31. The van der Waals surface area contributed by atoms with Gasteiger partial charge in [-0.15, -0.1) is 0 Å². The van der Waals surface area contributed by atoms with Crippen molar-refractivity contribution in [2.24, 2.45) is 0 Å². The Kier molecular flexibility index (Phi) is 2.38. The van der Waals surface area contributed by atoms with E-state index in [2.05, 4.69) is 9.79 Å². The number of nitrogens with two attached hydrogens (primary N) is 1. The van der Waals surface area contributed by atoms with Crippen molar-refractivity contribution in [3.8, 4) is 0 Å². The van der Waals surface area contributed by atoms with E-state index in [9.17, 15) is 9.59 Å². The maximum Gasteiger partial charge on any atom is 0.296 e. The fourth-order valence-electron chi connectivity index (χ4n) is 1.48. The van der Waals surface area contributed by atoms with Gasteiger partial charge in [-0.1, -0.05) is 16.8 Å². The van der Waals surface area contributed by atoms with Crippen LogP contribution in [0.15, 0.2) is 10.7 Å². The van der Waals surface area contributed by atoms with E-state index in [1.54, 1.807) is 13.8 Å². The van der Waals surface area contributed by atoms with Crippen LogP contribution < -0.4 is 15.5 Å². The summed E-state index contributed by atoms with van der Waals surface area (Å²) in [4.78, 5) is 24.7. The minimum absolute atomic E-state index is 0.0780. The summed E-state index contributed by atoms with van der Waals surface area (Å²) < 4.78 is 4.67. The fraction of sp³-hybridized carbons (Fsp3) is 0.500. The molecule has 2 rings (SSSR count). The van der Waals surface area contributed by atoms with Gasteiger partial charge < -0.3 is 5.73 Å². The van der Waals surface area contributed by atoms with Crippen LogP contribution in [0.25, 0.3) is 0 Å². The van der Waals surface area contributed by atoms with Gasteiger partial charge in [0.15, 0.2) is 5.54 Å². The fourth-order valence-corrected chi connectivity index (χ4v) is 2.29. The topological polar surface area (TPSA) is 93.3 Å². The van der Waals surface area contributed by atoms with Gasteiger partial charge in [-0.2, -0.15) is 0 Å². The summed E-state index contributed by atoms with van der Waals surface area (Å²) in [6.45, 7) is 3.30. The molecule has 7 nitrogen and oxygen atoms in total. The number of carbonyl (C=O) groups is 2. The lowest BCUT2D eigenvalue weighted by atomic mass is 10.1. The second-order valence-corrected chi connectivity index (χ2v) is 4.81. The van der Waals surface area contributed by atoms with Crippen LogP contribution in [0.3, 0.4) is 0 Å². The first-order valence-electron chi connectivity index (χ1n) is 4.57. The van der Waals surface area contributed by atoms with Crippen LogP contribution in [0.4, 0.5) is 5.88 Å². The maximum atomic E-state index is 11.8. The van der Waals surface area contributed by atoms with Gasteiger partial charge in [0, 0.05) is 0 Å². The molecule has 0 spiro atoms. The van der Waals surface area contributed by atoms with Crippen LogP contribution in [0.1, 0.15) is 13.8 Å². The molecule has 0 saturated carbocycles. The number of hydrogen-bond donors (Lipinski definition) is 1. The molecule has 0 aromatic carbocycles. The van der Waals surface area contributed by atoms with Crippen molar-refractivity contribution < 1.29 is 18.9 Å². The smallest absolute Gasteiger partial charge is 0.296 e. The first kappa shape index (κ1) is 10.9. The van der Waals surface area contributed by atoms with Crippen molar-refractivity contribution >= 4 is 28.7 Å². The lowest BCUT2D eigenvalue weighted by molar-refractivity contribution is -0.754. The highest BCUT2D eigenvalue weighted by molar-refractivity contribution is 8.14. The van der Waals surface area contributed by atoms with Crippen molar-refractivity contribution in [3.05, 3.63) is 6.20 Å². The molecule has 0 atom stereocenters. The zero-order valence-electron chi connectivity index (χ0n) is 8.84. The molecule has 1 amide bonds. The van der Waals surface area contributed by atoms with Crippen LogP contribution in [0, 0.1) is 0 Å². The third-order valence-corrected chi connectivity index (χ3v) is 3.42. The van der Waals surface area contributed by atoms with Gasteiger partial charge in [0.2, 0.25) is 10.4 Å². The number of carbonyl (C=O) groups excluding carboxylic acids is 2. The van der Waals surface area contributed by atoms with Crippen LogP contribution in [-0.4, -0.2) is 27.6 Å². The molecule has 2 N–H and O–H groups in total. The lowest BCUT2D eigenvalue weighted by Crippen LogP contribution is -2.74. The van der Waals surface area contributed by atoms with Gasteiger partial charge in [-0.3, -0.25) is 14.1 Å². The van der Waals surface area contributed by atoms with Gasteiger partial charge in [-0.25, -0.2) is 0 Å². The molecular weight excluding hydrogens is 232 g/mol. The average molecular weight is 243 g/mol. The Bertz CT molecular complexity index is 456. The molecular formula is C8H11N4O3S+. The van der Waals surface area contributed by atoms with Crippen molar-refractivity contribution in [1.29, 1.82) is 0 Å². The van der Waals surface area contributed by atoms with Crippen molar-refractivity contribution in [2.75, 3.05) is 16.5 Å². The average Bonchev–Trinajstić information content (AvgIpc) is 2.59. The first-order valence-corrected chi connectivity index (χ1v) is 5.56. The summed E-state index contributed by atoms with van der Waals surface area (Å²) >= 11 is 1.01. The number of rotatable bonds is 1. The molecule has 1 saturated heterocycles. The number of anilines is 1. The molecule has 16 heavy (non-hydrogen) atoms. The van der Waals surface area contributed by atoms with Crippen LogP contribution in [0.5, 0.6) is 0 Å². The van der Waals surface area contributed by atoms with E-state index >= 15 is 0 Å². The Morgan fingerprint density at radius 3 is 2.88 bits per heavy atom. The van der Waals surface area contributed by atoms with E-state index in [1.165, 1.54) is 11.2 Å². The van der Waals surface area contributed by atoms with E-state index in [0.717, 1.165) is 16.6 Å². The summed E-state index contributed by atoms with van der Waals surface area (Å²) in [7, 11) is 0. The second-order valence-electron chi connectivity index (χ2n) is 3.87. The van der Waals surface area contributed by atoms with Crippen LogP contribution in [0.2, 0.25) is 0 Å². The highest BCUT2D eigenvalue weighted by atomic mass is 32.2. The molecule has 1 aromatic rings. The quantitative estimate of drug-likeness (QED) is 0.640. The highest BCUT2D eigenvalue weighted by Crippen LogP contribution is 2.25. The monoisotopic (exact) mass is 243 g/mol. The van der Waals surface area contributed by atoms with Gasteiger partial charge in [0.25, 0.3) is 18.0 Å². The van der Waals surface area contributed by atoms with E-state index < -0.39 is 5.54 Å². The molecule has 0 unspecified atom stereocenters. The van der Waals surface area contributed by atoms with Crippen LogP contribution in [-0.2, 0) is 9.59 Å². The summed E-state index contributed by atoms with van der Waals surface area (Å²) in [5.41, 5.74) is 4.41. The van der Waals surface area contributed by atoms with Gasteiger partial charge >= 0.3 is 0 Å². The summed E-state index contributed by atoms with van der Waals surface area (Å²) in [6.07, 6.45) is 1.35.